The zero-order chi connectivity index (χ0) is 19.8. The molecular formula is C21H24FN5S. The summed E-state index contributed by atoms with van der Waals surface area (Å²) in [5, 5.41) is 6.66. The van der Waals surface area contributed by atoms with Crippen LogP contribution in [0.3, 0.4) is 0 Å². The van der Waals surface area contributed by atoms with Crippen LogP contribution in [-0.2, 0) is 18.8 Å². The maximum absolute atomic E-state index is 13.5. The molecule has 0 aliphatic rings. The van der Waals surface area contributed by atoms with E-state index in [1.165, 1.54) is 6.07 Å². The summed E-state index contributed by atoms with van der Waals surface area (Å²) in [5.41, 5.74) is 4.27. The Hall–Kier alpha value is -2.80. The first-order chi connectivity index (χ1) is 13.7. The minimum atomic E-state index is -0.202. The quantitative estimate of drug-likeness (QED) is 0.471. The molecule has 0 spiro atoms. The van der Waals surface area contributed by atoms with Crippen LogP contribution in [-0.4, -0.2) is 28.8 Å². The van der Waals surface area contributed by atoms with Crippen LogP contribution in [0.1, 0.15) is 16.7 Å². The molecule has 0 radical (unpaired) electrons. The first-order valence-corrected chi connectivity index (χ1v) is 10.4. The van der Waals surface area contributed by atoms with Crippen molar-refractivity contribution in [2.45, 2.75) is 18.8 Å². The average Bonchev–Trinajstić information content (AvgIpc) is 3.24. The van der Waals surface area contributed by atoms with Gasteiger partial charge in [-0.2, -0.15) is 11.8 Å². The van der Waals surface area contributed by atoms with Crippen LogP contribution < -0.4 is 10.6 Å². The SMILES string of the molecule is CN=C(NCc1ccc(F)cc1CSC)NCc1ccccc1-n1ccnc1. The Kier molecular flexibility index (Phi) is 7.08. The molecule has 146 valence electrons. The Morgan fingerprint density at radius 3 is 2.61 bits per heavy atom. The minimum Gasteiger partial charge on any atom is -0.352 e. The van der Waals surface area contributed by atoms with Gasteiger partial charge in [-0.05, 0) is 41.1 Å². The van der Waals surface area contributed by atoms with E-state index >= 15 is 0 Å². The van der Waals surface area contributed by atoms with Crippen LogP contribution in [0.5, 0.6) is 0 Å². The van der Waals surface area contributed by atoms with E-state index in [-0.39, 0.29) is 5.82 Å². The molecule has 0 saturated heterocycles. The molecule has 28 heavy (non-hydrogen) atoms. The molecular weight excluding hydrogens is 373 g/mol. The fourth-order valence-electron chi connectivity index (χ4n) is 2.95. The number of nitrogens with zero attached hydrogens (tertiary/aromatic N) is 3. The van der Waals surface area contributed by atoms with Crippen molar-refractivity contribution >= 4 is 17.7 Å². The molecule has 0 aliphatic carbocycles. The predicted octanol–water partition coefficient (Wildman–Crippen LogP) is 3.74. The number of hydrogen-bond donors (Lipinski definition) is 2. The number of guanidine groups is 1. The lowest BCUT2D eigenvalue weighted by molar-refractivity contribution is 0.625. The lowest BCUT2D eigenvalue weighted by atomic mass is 10.1. The Morgan fingerprint density at radius 2 is 1.89 bits per heavy atom. The van der Waals surface area contributed by atoms with Gasteiger partial charge in [-0.3, -0.25) is 4.99 Å². The summed E-state index contributed by atoms with van der Waals surface area (Å²) in [6, 6.07) is 13.1. The smallest absolute Gasteiger partial charge is 0.191 e. The minimum absolute atomic E-state index is 0.202. The molecule has 7 heteroatoms. The van der Waals surface area contributed by atoms with Crippen molar-refractivity contribution in [2.75, 3.05) is 13.3 Å². The van der Waals surface area contributed by atoms with Gasteiger partial charge >= 0.3 is 0 Å². The molecule has 3 rings (SSSR count). The van der Waals surface area contributed by atoms with Gasteiger partial charge in [0, 0.05) is 38.3 Å². The first-order valence-electron chi connectivity index (χ1n) is 8.98. The summed E-state index contributed by atoms with van der Waals surface area (Å²) in [6.45, 7) is 1.20. The zero-order valence-electron chi connectivity index (χ0n) is 16.0. The number of imidazole rings is 1. The number of aliphatic imine (C=N–C) groups is 1. The van der Waals surface area contributed by atoms with Crippen molar-refractivity contribution < 1.29 is 4.39 Å². The number of halogens is 1. The van der Waals surface area contributed by atoms with Crippen LogP contribution in [0.4, 0.5) is 4.39 Å². The molecule has 5 nitrogen and oxygen atoms in total. The molecule has 2 aromatic carbocycles. The van der Waals surface area contributed by atoms with Crippen LogP contribution in [0, 0.1) is 5.82 Å². The van der Waals surface area contributed by atoms with Gasteiger partial charge in [0.15, 0.2) is 5.96 Å². The van der Waals surface area contributed by atoms with Gasteiger partial charge in [-0.1, -0.05) is 24.3 Å². The van der Waals surface area contributed by atoms with Gasteiger partial charge in [-0.25, -0.2) is 9.37 Å². The Morgan fingerprint density at radius 1 is 1.11 bits per heavy atom. The van der Waals surface area contributed by atoms with Crippen molar-refractivity contribution in [3.05, 3.63) is 83.7 Å². The molecule has 2 N–H and O–H groups in total. The Balaban J connectivity index is 1.64. The molecule has 3 aromatic rings. The van der Waals surface area contributed by atoms with Gasteiger partial charge in [0.2, 0.25) is 0 Å². The summed E-state index contributed by atoms with van der Waals surface area (Å²) < 4.78 is 15.5. The molecule has 0 unspecified atom stereocenters. The fraction of sp³-hybridized carbons (Fsp3) is 0.238. The van der Waals surface area contributed by atoms with E-state index in [0.29, 0.717) is 19.0 Å². The Labute approximate surface area is 169 Å². The van der Waals surface area contributed by atoms with Gasteiger partial charge < -0.3 is 15.2 Å². The van der Waals surface area contributed by atoms with Crippen molar-refractivity contribution in [1.82, 2.24) is 20.2 Å². The molecule has 0 fully saturated rings. The highest BCUT2D eigenvalue weighted by Crippen LogP contribution is 2.17. The highest BCUT2D eigenvalue weighted by atomic mass is 32.2. The van der Waals surface area contributed by atoms with E-state index in [1.54, 1.807) is 37.4 Å². The molecule has 0 amide bonds. The van der Waals surface area contributed by atoms with Crippen molar-refractivity contribution in [1.29, 1.82) is 0 Å². The van der Waals surface area contributed by atoms with Gasteiger partial charge in [-0.15, -0.1) is 0 Å². The second kappa shape index (κ2) is 9.94. The highest BCUT2D eigenvalue weighted by Gasteiger charge is 2.07. The van der Waals surface area contributed by atoms with Crippen molar-refractivity contribution in [3.63, 3.8) is 0 Å². The van der Waals surface area contributed by atoms with E-state index in [2.05, 4.69) is 32.7 Å². The Bertz CT molecular complexity index is 924. The van der Waals surface area contributed by atoms with E-state index in [9.17, 15) is 4.39 Å². The summed E-state index contributed by atoms with van der Waals surface area (Å²) in [7, 11) is 1.74. The number of thioether (sulfide) groups is 1. The fourth-order valence-corrected chi connectivity index (χ4v) is 3.53. The summed E-state index contributed by atoms with van der Waals surface area (Å²) in [6.07, 6.45) is 7.49. The molecule has 0 aliphatic heterocycles. The first kappa shape index (κ1) is 19.9. The van der Waals surface area contributed by atoms with Gasteiger partial charge in [0.25, 0.3) is 0 Å². The maximum atomic E-state index is 13.5. The number of nitrogens with one attached hydrogen (secondary N) is 2. The normalized spacial score (nSPS) is 11.5. The maximum Gasteiger partial charge on any atom is 0.191 e. The monoisotopic (exact) mass is 397 g/mol. The topological polar surface area (TPSA) is 54.2 Å². The lowest BCUT2D eigenvalue weighted by Gasteiger charge is -2.16. The number of hydrogen-bond acceptors (Lipinski definition) is 3. The molecule has 1 heterocycles. The van der Waals surface area contributed by atoms with Gasteiger partial charge in [0.05, 0.1) is 12.0 Å². The van der Waals surface area contributed by atoms with E-state index in [0.717, 1.165) is 28.1 Å². The average molecular weight is 398 g/mol. The van der Waals surface area contributed by atoms with Crippen LogP contribution in [0.15, 0.2) is 66.2 Å². The van der Waals surface area contributed by atoms with Crippen molar-refractivity contribution in [3.8, 4) is 5.69 Å². The number of benzene rings is 2. The summed E-state index contributed by atoms with van der Waals surface area (Å²) in [4.78, 5) is 8.42. The molecule has 0 bridgehead atoms. The number of aromatic nitrogens is 2. The third-order valence-electron chi connectivity index (χ3n) is 4.36. The van der Waals surface area contributed by atoms with Crippen molar-refractivity contribution in [2.24, 2.45) is 4.99 Å². The van der Waals surface area contributed by atoms with E-state index in [1.807, 2.05) is 35.2 Å². The standard InChI is InChI=1S/C21H24FN5S/c1-23-21(25-12-16-7-8-19(22)11-18(16)14-28-2)26-13-17-5-3-4-6-20(17)27-10-9-24-15-27/h3-11,15H,12-14H2,1-2H3,(H2,23,25,26). The lowest BCUT2D eigenvalue weighted by Crippen LogP contribution is -2.36. The molecule has 0 saturated carbocycles. The molecule has 1 aromatic heterocycles. The van der Waals surface area contributed by atoms with Crippen LogP contribution in [0.2, 0.25) is 0 Å². The summed E-state index contributed by atoms with van der Waals surface area (Å²) in [5.74, 6) is 1.27. The van der Waals surface area contributed by atoms with E-state index in [4.69, 9.17) is 0 Å². The third kappa shape index (κ3) is 5.13. The highest BCUT2D eigenvalue weighted by molar-refractivity contribution is 7.97. The predicted molar refractivity (Wildman–Crippen MR) is 114 cm³/mol. The number of rotatable bonds is 7. The zero-order valence-corrected chi connectivity index (χ0v) is 16.8. The van der Waals surface area contributed by atoms with Crippen LogP contribution in [0.25, 0.3) is 5.69 Å². The second-order valence-corrected chi connectivity index (χ2v) is 7.09. The van der Waals surface area contributed by atoms with Gasteiger partial charge in [0.1, 0.15) is 5.82 Å². The van der Waals surface area contributed by atoms with E-state index < -0.39 is 0 Å². The summed E-state index contributed by atoms with van der Waals surface area (Å²) >= 11 is 1.68. The largest absolute Gasteiger partial charge is 0.352 e. The number of para-hydroxylation sites is 1. The third-order valence-corrected chi connectivity index (χ3v) is 4.96. The van der Waals surface area contributed by atoms with Crippen LogP contribution >= 0.6 is 11.8 Å². The second-order valence-electron chi connectivity index (χ2n) is 6.22. The molecule has 0 atom stereocenters.